The van der Waals surface area contributed by atoms with E-state index in [9.17, 15) is 19.0 Å². The molecule has 1 N–H and O–H groups in total. The second-order valence-electron chi connectivity index (χ2n) is 16.0. The molecule has 0 aliphatic rings. The van der Waals surface area contributed by atoms with E-state index in [4.69, 9.17) is 18.5 Å². The highest BCUT2D eigenvalue weighted by Crippen LogP contribution is 2.42. The normalized spacial score (nSPS) is 13.5. The van der Waals surface area contributed by atoms with Crippen molar-refractivity contribution in [3.05, 3.63) is 0 Å². The lowest BCUT2D eigenvalue weighted by Gasteiger charge is -2.33. The lowest BCUT2D eigenvalue weighted by molar-refractivity contribution is -0.893. The van der Waals surface area contributed by atoms with Gasteiger partial charge in [-0.25, -0.2) is 4.57 Å². The molecule has 10 heteroatoms. The number of carbonyl (C=O) groups is 2. The summed E-state index contributed by atoms with van der Waals surface area (Å²) in [6.45, 7) is 7.00. The third kappa shape index (κ3) is 37.7. The predicted octanol–water partition coefficient (Wildman–Crippen LogP) is 12.4. The van der Waals surface area contributed by atoms with Crippen molar-refractivity contribution in [3.8, 4) is 0 Å². The number of likely N-dealkylation sites (N-methyl/N-ethyl adjacent to an activating group) is 1. The molecule has 0 spiro atoms. The summed E-state index contributed by atoms with van der Waals surface area (Å²) in [5.74, 6) is -0.534. The SMILES string of the molecule is CCCCCCCCCCCCCCCCCC(=O)OCC(C[N+](C)(C)CCOP(=O)(O)OCC)OC(=O)CCCCCCCCCCCCCCC. The summed E-state index contributed by atoms with van der Waals surface area (Å²) in [5.41, 5.74) is 0. The number of phosphoric ester groups is 1. The predicted molar refractivity (Wildman–Crippen MR) is 220 cm³/mol. The number of hydrogen-bond donors (Lipinski definition) is 1. The third-order valence-electron chi connectivity index (χ3n) is 10.1. The minimum absolute atomic E-state index is 0.000611. The van der Waals surface area contributed by atoms with Gasteiger partial charge in [-0.15, -0.1) is 0 Å². The zero-order valence-electron chi connectivity index (χ0n) is 35.5. The third-order valence-corrected chi connectivity index (χ3v) is 11.2. The zero-order valence-corrected chi connectivity index (χ0v) is 36.4. The molecule has 0 bridgehead atoms. The molecule has 0 aliphatic heterocycles. The second-order valence-corrected chi connectivity index (χ2v) is 17.5. The van der Waals surface area contributed by atoms with Gasteiger partial charge in [-0.2, -0.15) is 0 Å². The molecule has 0 amide bonds. The van der Waals surface area contributed by atoms with Crippen molar-refractivity contribution in [2.24, 2.45) is 0 Å². The highest BCUT2D eigenvalue weighted by Gasteiger charge is 2.28. The minimum atomic E-state index is -4.09. The lowest BCUT2D eigenvalue weighted by atomic mass is 10.0. The molecule has 2 unspecified atom stereocenters. The molecule has 0 fully saturated rings. The largest absolute Gasteiger partial charge is 0.472 e. The quantitative estimate of drug-likeness (QED) is 0.0283. The molecule has 0 aliphatic carbocycles. The monoisotopic (exact) mass is 777 g/mol. The van der Waals surface area contributed by atoms with Crippen molar-refractivity contribution in [1.82, 2.24) is 0 Å². The maximum absolute atomic E-state index is 12.9. The summed E-state index contributed by atoms with van der Waals surface area (Å²) in [5, 5.41) is 0. The molecule has 0 aromatic rings. The Kier molecular flexibility index (Phi) is 36.0. The van der Waals surface area contributed by atoms with Gasteiger partial charge in [0.05, 0.1) is 20.7 Å². The van der Waals surface area contributed by atoms with Crippen molar-refractivity contribution >= 4 is 19.8 Å². The van der Waals surface area contributed by atoms with Gasteiger partial charge in [0.15, 0.2) is 6.10 Å². The van der Waals surface area contributed by atoms with E-state index >= 15 is 0 Å². The minimum Gasteiger partial charge on any atom is -0.461 e. The smallest absolute Gasteiger partial charge is 0.461 e. The average molecular weight is 777 g/mol. The standard InChI is InChI=1S/C43H86NO8P/c1-6-9-11-13-15-17-19-21-22-24-25-27-29-31-33-35-42(45)49-40-41(39-44(4,5)37-38-51-53(47,48)50-8-3)52-43(46)36-34-32-30-28-26-23-20-18-16-14-12-10-7-2/h41H,6-40H2,1-5H3/p+1. The first-order valence-electron chi connectivity index (χ1n) is 22.3. The van der Waals surface area contributed by atoms with E-state index in [1.54, 1.807) is 6.92 Å². The van der Waals surface area contributed by atoms with Crippen LogP contribution in [0.2, 0.25) is 0 Å². The Morgan fingerprint density at radius 3 is 1.28 bits per heavy atom. The molecule has 0 radical (unpaired) electrons. The van der Waals surface area contributed by atoms with Gasteiger partial charge < -0.3 is 18.9 Å². The molecule has 0 heterocycles. The van der Waals surface area contributed by atoms with Crippen LogP contribution in [0.25, 0.3) is 0 Å². The van der Waals surface area contributed by atoms with Crippen LogP contribution in [0.3, 0.4) is 0 Å². The number of nitrogens with zero attached hydrogens (tertiary/aromatic N) is 1. The fourth-order valence-corrected chi connectivity index (χ4v) is 7.51. The van der Waals surface area contributed by atoms with Crippen LogP contribution in [-0.2, 0) is 32.7 Å². The van der Waals surface area contributed by atoms with Crippen LogP contribution in [0.4, 0.5) is 0 Å². The maximum atomic E-state index is 12.9. The van der Waals surface area contributed by atoms with Gasteiger partial charge in [0, 0.05) is 12.8 Å². The number of quaternary nitrogens is 1. The maximum Gasteiger partial charge on any atom is 0.472 e. The summed E-state index contributed by atoms with van der Waals surface area (Å²) in [6.07, 6.45) is 35.4. The topological polar surface area (TPSA) is 108 Å². The Labute approximate surface area is 327 Å². The summed E-state index contributed by atoms with van der Waals surface area (Å²) in [7, 11) is -0.236. The van der Waals surface area contributed by atoms with E-state index in [0.29, 0.717) is 30.4 Å². The van der Waals surface area contributed by atoms with Crippen LogP contribution in [0.5, 0.6) is 0 Å². The van der Waals surface area contributed by atoms with E-state index in [-0.39, 0.29) is 31.8 Å². The van der Waals surface area contributed by atoms with Crippen LogP contribution in [0.1, 0.15) is 213 Å². The van der Waals surface area contributed by atoms with Crippen LogP contribution in [0, 0.1) is 0 Å². The van der Waals surface area contributed by atoms with E-state index in [0.717, 1.165) is 38.5 Å². The molecule has 0 rings (SSSR count). The summed E-state index contributed by atoms with van der Waals surface area (Å²) >= 11 is 0. The Morgan fingerprint density at radius 2 is 0.906 bits per heavy atom. The van der Waals surface area contributed by atoms with Gasteiger partial charge in [0.1, 0.15) is 26.3 Å². The fraction of sp³-hybridized carbons (Fsp3) is 0.953. The summed E-state index contributed by atoms with van der Waals surface area (Å²) in [6, 6.07) is 0. The number of esters is 2. The molecule has 0 aromatic carbocycles. The van der Waals surface area contributed by atoms with E-state index in [1.165, 1.54) is 141 Å². The number of hydrogen-bond acceptors (Lipinski definition) is 7. The van der Waals surface area contributed by atoms with E-state index in [2.05, 4.69) is 13.8 Å². The molecule has 9 nitrogen and oxygen atoms in total. The highest BCUT2D eigenvalue weighted by atomic mass is 31.2. The molecule has 316 valence electrons. The first-order chi connectivity index (χ1) is 25.5. The highest BCUT2D eigenvalue weighted by molar-refractivity contribution is 7.47. The molecule has 2 atom stereocenters. The molecule has 0 saturated carbocycles. The Bertz CT molecular complexity index is 886. The van der Waals surface area contributed by atoms with Gasteiger partial charge in [0.25, 0.3) is 0 Å². The number of ether oxygens (including phenoxy) is 2. The van der Waals surface area contributed by atoms with Crippen molar-refractivity contribution in [2.45, 2.75) is 219 Å². The summed E-state index contributed by atoms with van der Waals surface area (Å²) in [4.78, 5) is 35.2. The molecular formula is C43H87NO8P+. The van der Waals surface area contributed by atoms with Crippen molar-refractivity contribution in [3.63, 3.8) is 0 Å². The van der Waals surface area contributed by atoms with Gasteiger partial charge in [-0.05, 0) is 19.8 Å². The lowest BCUT2D eigenvalue weighted by Crippen LogP contribution is -2.49. The average Bonchev–Trinajstić information content (AvgIpc) is 3.10. The number of unbranched alkanes of at least 4 members (excludes halogenated alkanes) is 26. The fourth-order valence-electron chi connectivity index (χ4n) is 6.80. The summed E-state index contributed by atoms with van der Waals surface area (Å²) < 4.78 is 33.6. The van der Waals surface area contributed by atoms with Crippen LogP contribution in [0.15, 0.2) is 0 Å². The first-order valence-corrected chi connectivity index (χ1v) is 23.8. The molecule has 0 saturated heterocycles. The number of carbonyl (C=O) groups excluding carboxylic acids is 2. The van der Waals surface area contributed by atoms with Crippen LogP contribution < -0.4 is 0 Å². The van der Waals surface area contributed by atoms with Gasteiger partial charge in [0.2, 0.25) is 0 Å². The van der Waals surface area contributed by atoms with Gasteiger partial charge >= 0.3 is 19.8 Å². The van der Waals surface area contributed by atoms with Crippen LogP contribution in [-0.4, -0.2) is 74.4 Å². The first kappa shape index (κ1) is 52.0. The number of rotatable bonds is 41. The van der Waals surface area contributed by atoms with Crippen molar-refractivity contribution in [1.29, 1.82) is 0 Å². The Hall–Kier alpha value is -0.990. The van der Waals surface area contributed by atoms with Crippen molar-refractivity contribution < 1.29 is 42.1 Å². The molecule has 0 aromatic heterocycles. The molecule has 53 heavy (non-hydrogen) atoms. The van der Waals surface area contributed by atoms with E-state index in [1.807, 2.05) is 14.1 Å². The van der Waals surface area contributed by atoms with Gasteiger partial charge in [-0.1, -0.05) is 181 Å². The van der Waals surface area contributed by atoms with Crippen LogP contribution >= 0.6 is 7.82 Å². The second kappa shape index (κ2) is 36.6. The Balaban J connectivity index is 4.42. The zero-order chi connectivity index (χ0) is 39.3. The van der Waals surface area contributed by atoms with Crippen molar-refractivity contribution in [2.75, 3.05) is 47.0 Å². The Morgan fingerprint density at radius 1 is 0.547 bits per heavy atom. The number of phosphoric acid groups is 1. The van der Waals surface area contributed by atoms with Gasteiger partial charge in [-0.3, -0.25) is 18.6 Å². The van der Waals surface area contributed by atoms with E-state index < -0.39 is 13.9 Å². The molecular weight excluding hydrogens is 689 g/mol.